The molecule has 1 heterocycles. The van der Waals surface area contributed by atoms with Crippen LogP contribution < -0.4 is 0 Å². The molecule has 2 nitrogen and oxygen atoms in total. The normalized spacial score (nSPS) is 17.1. The van der Waals surface area contributed by atoms with Gasteiger partial charge in [-0.3, -0.25) is 0 Å². The molecule has 0 spiro atoms. The predicted molar refractivity (Wildman–Crippen MR) is 68.5 cm³/mol. The third kappa shape index (κ3) is 3.62. The molecule has 1 aromatic rings. The van der Waals surface area contributed by atoms with E-state index in [0.29, 0.717) is 0 Å². The zero-order chi connectivity index (χ0) is 11.2. The third-order valence-corrected chi connectivity index (χ3v) is 3.29. The lowest BCUT2D eigenvalue weighted by atomic mass is 10.2. The molecule has 88 valence electrons. The van der Waals surface area contributed by atoms with E-state index in [1.165, 1.54) is 44.6 Å². The standard InChI is InChI=1S/C14H22N2/c1-15(11-12-16-9-5-6-10-16)13-14-7-3-2-4-8-14/h2-4,7-8H,5-6,9-13H2,1H3. The zero-order valence-electron chi connectivity index (χ0n) is 10.2. The van der Waals surface area contributed by atoms with E-state index in [0.717, 1.165) is 6.54 Å². The van der Waals surface area contributed by atoms with Gasteiger partial charge >= 0.3 is 0 Å². The van der Waals surface area contributed by atoms with E-state index in [2.05, 4.69) is 47.2 Å². The second kappa shape index (κ2) is 6.02. The van der Waals surface area contributed by atoms with Crippen LogP contribution in [-0.2, 0) is 6.54 Å². The highest BCUT2D eigenvalue weighted by molar-refractivity contribution is 5.14. The molecule has 1 aliphatic heterocycles. The largest absolute Gasteiger partial charge is 0.302 e. The summed E-state index contributed by atoms with van der Waals surface area (Å²) in [5, 5.41) is 0. The number of hydrogen-bond acceptors (Lipinski definition) is 2. The van der Waals surface area contributed by atoms with Crippen molar-refractivity contribution in [2.75, 3.05) is 33.2 Å². The van der Waals surface area contributed by atoms with E-state index < -0.39 is 0 Å². The third-order valence-electron chi connectivity index (χ3n) is 3.29. The summed E-state index contributed by atoms with van der Waals surface area (Å²) in [5.74, 6) is 0. The van der Waals surface area contributed by atoms with Gasteiger partial charge < -0.3 is 9.80 Å². The Labute approximate surface area is 98.9 Å². The number of rotatable bonds is 5. The Morgan fingerprint density at radius 3 is 2.50 bits per heavy atom. The van der Waals surface area contributed by atoms with Crippen molar-refractivity contribution in [1.29, 1.82) is 0 Å². The van der Waals surface area contributed by atoms with Gasteiger partial charge in [-0.05, 0) is 38.5 Å². The zero-order valence-corrected chi connectivity index (χ0v) is 10.2. The van der Waals surface area contributed by atoms with E-state index in [9.17, 15) is 0 Å². The molecule has 0 aromatic heterocycles. The van der Waals surface area contributed by atoms with Crippen molar-refractivity contribution in [3.05, 3.63) is 35.9 Å². The lowest BCUT2D eigenvalue weighted by Gasteiger charge is -2.21. The van der Waals surface area contributed by atoms with Crippen molar-refractivity contribution < 1.29 is 0 Å². The van der Waals surface area contributed by atoms with Crippen LogP contribution in [0.25, 0.3) is 0 Å². The summed E-state index contributed by atoms with van der Waals surface area (Å²) in [6.45, 7) is 6.07. The molecule has 0 saturated carbocycles. The summed E-state index contributed by atoms with van der Waals surface area (Å²) in [5.41, 5.74) is 1.41. The van der Waals surface area contributed by atoms with Gasteiger partial charge in [-0.2, -0.15) is 0 Å². The molecule has 0 unspecified atom stereocenters. The highest BCUT2D eigenvalue weighted by Gasteiger charge is 2.11. The van der Waals surface area contributed by atoms with E-state index in [1.54, 1.807) is 0 Å². The minimum Gasteiger partial charge on any atom is -0.302 e. The fraction of sp³-hybridized carbons (Fsp3) is 0.571. The number of nitrogens with zero attached hydrogens (tertiary/aromatic N) is 2. The first kappa shape index (κ1) is 11.6. The summed E-state index contributed by atoms with van der Waals surface area (Å²) in [6.07, 6.45) is 2.78. The maximum atomic E-state index is 2.57. The van der Waals surface area contributed by atoms with Crippen LogP contribution >= 0.6 is 0 Å². The second-order valence-corrected chi connectivity index (χ2v) is 4.77. The van der Waals surface area contributed by atoms with Gasteiger partial charge in [0.1, 0.15) is 0 Å². The summed E-state index contributed by atoms with van der Waals surface area (Å²) in [6, 6.07) is 10.7. The Balaban J connectivity index is 1.69. The van der Waals surface area contributed by atoms with Crippen LogP contribution in [0.4, 0.5) is 0 Å². The van der Waals surface area contributed by atoms with Crippen LogP contribution in [-0.4, -0.2) is 43.0 Å². The maximum Gasteiger partial charge on any atom is 0.0231 e. The fourth-order valence-corrected chi connectivity index (χ4v) is 2.29. The molecule has 1 saturated heterocycles. The maximum absolute atomic E-state index is 2.57. The minimum atomic E-state index is 1.06. The Morgan fingerprint density at radius 1 is 1.12 bits per heavy atom. The first-order chi connectivity index (χ1) is 7.84. The van der Waals surface area contributed by atoms with Crippen LogP contribution in [0.5, 0.6) is 0 Å². The van der Waals surface area contributed by atoms with E-state index in [1.807, 2.05) is 0 Å². The number of likely N-dealkylation sites (N-methyl/N-ethyl adjacent to an activating group) is 1. The van der Waals surface area contributed by atoms with Gasteiger partial charge in [-0.25, -0.2) is 0 Å². The summed E-state index contributed by atoms with van der Waals surface area (Å²) in [4.78, 5) is 4.98. The van der Waals surface area contributed by atoms with Gasteiger partial charge in [0.05, 0.1) is 0 Å². The van der Waals surface area contributed by atoms with E-state index in [-0.39, 0.29) is 0 Å². The number of benzene rings is 1. The van der Waals surface area contributed by atoms with Crippen molar-refractivity contribution in [3.63, 3.8) is 0 Å². The molecular weight excluding hydrogens is 196 g/mol. The molecule has 16 heavy (non-hydrogen) atoms. The second-order valence-electron chi connectivity index (χ2n) is 4.77. The number of likely N-dealkylation sites (tertiary alicyclic amines) is 1. The quantitative estimate of drug-likeness (QED) is 0.747. The first-order valence-electron chi connectivity index (χ1n) is 6.29. The molecular formula is C14H22N2. The minimum absolute atomic E-state index is 1.06. The summed E-state index contributed by atoms with van der Waals surface area (Å²) < 4.78 is 0. The molecule has 2 rings (SSSR count). The average molecular weight is 218 g/mol. The van der Waals surface area contributed by atoms with Crippen molar-refractivity contribution in [1.82, 2.24) is 9.80 Å². The van der Waals surface area contributed by atoms with Crippen LogP contribution in [0, 0.1) is 0 Å². The van der Waals surface area contributed by atoms with Crippen LogP contribution in [0.15, 0.2) is 30.3 Å². The Bertz CT molecular complexity index is 291. The molecule has 0 amide bonds. The highest BCUT2D eigenvalue weighted by atomic mass is 15.2. The van der Waals surface area contributed by atoms with Crippen molar-refractivity contribution in [3.8, 4) is 0 Å². The SMILES string of the molecule is CN(CCN1CCCC1)Cc1ccccc1. The van der Waals surface area contributed by atoms with E-state index in [4.69, 9.17) is 0 Å². The predicted octanol–water partition coefficient (Wildman–Crippen LogP) is 2.21. The molecule has 1 aromatic carbocycles. The Morgan fingerprint density at radius 2 is 1.81 bits per heavy atom. The molecule has 1 fully saturated rings. The molecule has 0 bridgehead atoms. The summed E-state index contributed by atoms with van der Waals surface area (Å²) >= 11 is 0. The highest BCUT2D eigenvalue weighted by Crippen LogP contribution is 2.07. The fourth-order valence-electron chi connectivity index (χ4n) is 2.29. The van der Waals surface area contributed by atoms with Crippen molar-refractivity contribution >= 4 is 0 Å². The van der Waals surface area contributed by atoms with Gasteiger partial charge in [-0.15, -0.1) is 0 Å². The Kier molecular flexibility index (Phi) is 4.37. The molecule has 1 aliphatic rings. The average Bonchev–Trinajstić information content (AvgIpc) is 2.81. The molecule has 0 radical (unpaired) electrons. The van der Waals surface area contributed by atoms with Gasteiger partial charge in [-0.1, -0.05) is 30.3 Å². The topological polar surface area (TPSA) is 6.48 Å². The van der Waals surface area contributed by atoms with Crippen molar-refractivity contribution in [2.24, 2.45) is 0 Å². The van der Waals surface area contributed by atoms with E-state index >= 15 is 0 Å². The Hall–Kier alpha value is -0.860. The van der Waals surface area contributed by atoms with Gasteiger partial charge in [0.25, 0.3) is 0 Å². The van der Waals surface area contributed by atoms with Crippen LogP contribution in [0.2, 0.25) is 0 Å². The van der Waals surface area contributed by atoms with Gasteiger partial charge in [0, 0.05) is 19.6 Å². The van der Waals surface area contributed by atoms with Gasteiger partial charge in [0.15, 0.2) is 0 Å². The molecule has 0 atom stereocenters. The molecule has 2 heteroatoms. The monoisotopic (exact) mass is 218 g/mol. The lowest BCUT2D eigenvalue weighted by molar-refractivity contribution is 0.252. The summed E-state index contributed by atoms with van der Waals surface area (Å²) in [7, 11) is 2.21. The number of hydrogen-bond donors (Lipinski definition) is 0. The van der Waals surface area contributed by atoms with Gasteiger partial charge in [0.2, 0.25) is 0 Å². The molecule has 0 aliphatic carbocycles. The van der Waals surface area contributed by atoms with Crippen LogP contribution in [0.1, 0.15) is 18.4 Å². The smallest absolute Gasteiger partial charge is 0.0231 e. The first-order valence-corrected chi connectivity index (χ1v) is 6.29. The van der Waals surface area contributed by atoms with Crippen LogP contribution in [0.3, 0.4) is 0 Å². The lowest BCUT2D eigenvalue weighted by Crippen LogP contribution is -2.31. The molecule has 0 N–H and O–H groups in total. The van der Waals surface area contributed by atoms with Crippen molar-refractivity contribution in [2.45, 2.75) is 19.4 Å².